The molecule has 0 atom stereocenters. The molecule has 0 bridgehead atoms. The predicted molar refractivity (Wildman–Crippen MR) is 76.5 cm³/mol. The Balaban J connectivity index is 3.23. The van der Waals surface area contributed by atoms with Crippen molar-refractivity contribution in [1.82, 2.24) is 4.98 Å². The Bertz CT molecular complexity index is 492. The molecule has 0 amide bonds. The highest BCUT2D eigenvalue weighted by Crippen LogP contribution is 2.27. The van der Waals surface area contributed by atoms with Crippen LogP contribution >= 0.6 is 0 Å². The van der Waals surface area contributed by atoms with Gasteiger partial charge in [0.05, 0.1) is 5.69 Å². The lowest BCUT2D eigenvalue weighted by Gasteiger charge is -2.16. The van der Waals surface area contributed by atoms with Gasteiger partial charge in [-0.3, -0.25) is 9.78 Å². The van der Waals surface area contributed by atoms with Crippen molar-refractivity contribution in [3.8, 4) is 0 Å². The van der Waals surface area contributed by atoms with E-state index in [0.717, 1.165) is 16.7 Å². The van der Waals surface area contributed by atoms with Crippen LogP contribution in [-0.4, -0.2) is 10.8 Å². The number of carbonyl (C=O) groups excluding carboxylic acids is 1. The lowest BCUT2D eigenvalue weighted by atomic mass is 9.91. The largest absolute Gasteiger partial charge is 0.295 e. The summed E-state index contributed by atoms with van der Waals surface area (Å²) < 4.78 is 13.7. The Hall–Kier alpha value is -1.51. The first-order valence-corrected chi connectivity index (χ1v) is 6.52. The van der Waals surface area contributed by atoms with Crippen LogP contribution in [0.3, 0.4) is 0 Å². The van der Waals surface area contributed by atoms with E-state index in [9.17, 15) is 9.18 Å². The van der Waals surface area contributed by atoms with E-state index in [-0.39, 0.29) is 11.7 Å². The van der Waals surface area contributed by atoms with Crippen molar-refractivity contribution in [3.05, 3.63) is 35.2 Å². The first-order valence-electron chi connectivity index (χ1n) is 6.52. The van der Waals surface area contributed by atoms with E-state index in [1.54, 1.807) is 19.2 Å². The molecule has 0 spiro atoms. The number of aromatic nitrogens is 1. The van der Waals surface area contributed by atoms with E-state index in [0.29, 0.717) is 5.69 Å². The summed E-state index contributed by atoms with van der Waals surface area (Å²) in [6, 6.07) is 3.50. The summed E-state index contributed by atoms with van der Waals surface area (Å²) in [6.07, 6.45) is 1.64. The number of pyridine rings is 1. The lowest BCUT2D eigenvalue weighted by Crippen LogP contribution is -2.12. The highest BCUT2D eigenvalue weighted by Gasteiger charge is 2.20. The third kappa shape index (κ3) is 3.72. The SMILES string of the molecule is CC(=O)C(=C(C)c1ccc(C(C)(C)F)nc1)C(C)C. The summed E-state index contributed by atoms with van der Waals surface area (Å²) in [5, 5.41) is 0. The first-order chi connectivity index (χ1) is 8.64. The molecule has 3 heteroatoms. The molecule has 0 saturated heterocycles. The lowest BCUT2D eigenvalue weighted by molar-refractivity contribution is -0.113. The molecule has 1 aromatic rings. The highest BCUT2D eigenvalue weighted by molar-refractivity contribution is 6.01. The second-order valence-corrected chi connectivity index (χ2v) is 5.65. The zero-order chi connectivity index (χ0) is 14.8. The molecule has 0 radical (unpaired) electrons. The average molecular weight is 263 g/mol. The summed E-state index contributed by atoms with van der Waals surface area (Å²) in [7, 11) is 0. The van der Waals surface area contributed by atoms with Crippen molar-refractivity contribution in [1.29, 1.82) is 0 Å². The molecule has 0 saturated carbocycles. The van der Waals surface area contributed by atoms with Crippen LogP contribution in [0.1, 0.15) is 52.8 Å². The molecule has 1 aromatic heterocycles. The molecule has 0 aromatic carbocycles. The number of alkyl halides is 1. The number of Topliss-reactive ketones (excluding diaryl/α,β-unsaturated/α-hetero) is 1. The van der Waals surface area contributed by atoms with E-state index >= 15 is 0 Å². The van der Waals surface area contributed by atoms with Crippen LogP contribution in [0.25, 0.3) is 5.57 Å². The molecule has 2 nitrogen and oxygen atoms in total. The third-order valence-corrected chi connectivity index (χ3v) is 3.17. The van der Waals surface area contributed by atoms with Gasteiger partial charge in [-0.05, 0) is 50.8 Å². The minimum absolute atomic E-state index is 0.0717. The van der Waals surface area contributed by atoms with Gasteiger partial charge in [-0.2, -0.15) is 0 Å². The second-order valence-electron chi connectivity index (χ2n) is 5.65. The standard InChI is InChI=1S/C16H22FNO/c1-10(2)15(12(4)19)11(3)13-7-8-14(18-9-13)16(5,6)17/h7-10H,1-6H3. The number of hydrogen-bond acceptors (Lipinski definition) is 2. The van der Waals surface area contributed by atoms with Crippen LogP contribution in [0.5, 0.6) is 0 Å². The Kier molecular flexibility index (Phi) is 4.61. The van der Waals surface area contributed by atoms with Crippen molar-refractivity contribution in [2.24, 2.45) is 5.92 Å². The van der Waals surface area contributed by atoms with Gasteiger partial charge in [0.25, 0.3) is 0 Å². The third-order valence-electron chi connectivity index (χ3n) is 3.17. The molecule has 0 aliphatic rings. The molecule has 0 aliphatic carbocycles. The minimum atomic E-state index is -1.45. The van der Waals surface area contributed by atoms with Crippen molar-refractivity contribution >= 4 is 11.4 Å². The van der Waals surface area contributed by atoms with E-state index in [1.807, 2.05) is 26.8 Å². The summed E-state index contributed by atoms with van der Waals surface area (Å²) in [4.78, 5) is 15.8. The minimum Gasteiger partial charge on any atom is -0.295 e. The average Bonchev–Trinajstić information content (AvgIpc) is 2.27. The van der Waals surface area contributed by atoms with Crippen LogP contribution in [0.2, 0.25) is 0 Å². The van der Waals surface area contributed by atoms with E-state index in [2.05, 4.69) is 4.98 Å². The smallest absolute Gasteiger partial charge is 0.156 e. The predicted octanol–water partition coefficient (Wildman–Crippen LogP) is 4.30. The summed E-state index contributed by atoms with van der Waals surface area (Å²) in [6.45, 7) is 10.4. The molecule has 19 heavy (non-hydrogen) atoms. The molecule has 0 N–H and O–H groups in total. The number of nitrogens with zero attached hydrogens (tertiary/aromatic N) is 1. The van der Waals surface area contributed by atoms with E-state index < -0.39 is 5.67 Å². The maximum Gasteiger partial charge on any atom is 0.156 e. The van der Waals surface area contributed by atoms with Crippen molar-refractivity contribution in [3.63, 3.8) is 0 Å². The van der Waals surface area contributed by atoms with Gasteiger partial charge >= 0.3 is 0 Å². The number of carbonyl (C=O) groups is 1. The molecular formula is C16H22FNO. The number of halogens is 1. The normalized spacial score (nSPS) is 13.5. The van der Waals surface area contributed by atoms with Gasteiger partial charge in [0.1, 0.15) is 5.67 Å². The highest BCUT2D eigenvalue weighted by atomic mass is 19.1. The fraction of sp³-hybridized carbons (Fsp3) is 0.500. The Morgan fingerprint density at radius 2 is 1.84 bits per heavy atom. The van der Waals surface area contributed by atoms with Crippen LogP contribution in [0.4, 0.5) is 4.39 Å². The van der Waals surface area contributed by atoms with Gasteiger partial charge in [-0.15, -0.1) is 0 Å². The van der Waals surface area contributed by atoms with E-state index in [4.69, 9.17) is 0 Å². The van der Waals surface area contributed by atoms with Gasteiger partial charge in [-0.25, -0.2) is 4.39 Å². The number of ketones is 1. The van der Waals surface area contributed by atoms with Gasteiger partial charge in [0.2, 0.25) is 0 Å². The van der Waals surface area contributed by atoms with Crippen LogP contribution in [0, 0.1) is 5.92 Å². The summed E-state index contributed by atoms with van der Waals surface area (Å²) in [5.41, 5.74) is 1.54. The Morgan fingerprint density at radius 1 is 1.26 bits per heavy atom. The summed E-state index contributed by atoms with van der Waals surface area (Å²) in [5.74, 6) is 0.234. The molecular weight excluding hydrogens is 241 g/mol. The van der Waals surface area contributed by atoms with Crippen molar-refractivity contribution < 1.29 is 9.18 Å². The van der Waals surface area contributed by atoms with Gasteiger partial charge < -0.3 is 0 Å². The van der Waals surface area contributed by atoms with Crippen LogP contribution < -0.4 is 0 Å². The molecule has 0 fully saturated rings. The van der Waals surface area contributed by atoms with Crippen LogP contribution in [-0.2, 0) is 10.5 Å². The first kappa shape index (κ1) is 15.5. The number of hydrogen-bond donors (Lipinski definition) is 0. The fourth-order valence-corrected chi connectivity index (χ4v) is 2.23. The van der Waals surface area contributed by atoms with Gasteiger partial charge in [0, 0.05) is 11.8 Å². The number of allylic oxidation sites excluding steroid dienone is 2. The Morgan fingerprint density at radius 3 is 2.16 bits per heavy atom. The zero-order valence-electron chi connectivity index (χ0n) is 12.5. The monoisotopic (exact) mass is 263 g/mol. The maximum absolute atomic E-state index is 13.7. The quantitative estimate of drug-likeness (QED) is 0.758. The van der Waals surface area contributed by atoms with Gasteiger partial charge in [-0.1, -0.05) is 19.9 Å². The van der Waals surface area contributed by atoms with Crippen LogP contribution in [0.15, 0.2) is 23.9 Å². The molecule has 104 valence electrons. The zero-order valence-corrected chi connectivity index (χ0v) is 12.5. The number of rotatable bonds is 4. The topological polar surface area (TPSA) is 30.0 Å². The van der Waals surface area contributed by atoms with Gasteiger partial charge in [0.15, 0.2) is 5.78 Å². The Labute approximate surface area is 114 Å². The second kappa shape index (κ2) is 5.64. The van der Waals surface area contributed by atoms with Crippen molar-refractivity contribution in [2.45, 2.75) is 47.2 Å². The molecule has 0 aliphatic heterocycles. The fourth-order valence-electron chi connectivity index (χ4n) is 2.23. The van der Waals surface area contributed by atoms with E-state index in [1.165, 1.54) is 13.8 Å². The molecule has 1 rings (SSSR count). The molecule has 1 heterocycles. The molecule has 0 unspecified atom stereocenters. The van der Waals surface area contributed by atoms with Crippen molar-refractivity contribution in [2.75, 3.05) is 0 Å². The maximum atomic E-state index is 13.7. The summed E-state index contributed by atoms with van der Waals surface area (Å²) >= 11 is 0.